The van der Waals surface area contributed by atoms with Crippen molar-refractivity contribution in [2.24, 2.45) is 0 Å². The standard InChI is InChI=1S/C21H33ClFN3O/c1-6-7-8-9-19(24)18(16(2)22)13-25-12-17-10-11-20(26(5)14-17)27-15-21(3,4)23/h8-11,13,16,24-25H,6-7,12,14-15H2,1-5H3/b9-8-,18-13-,24-19?. The molecule has 0 aromatic rings. The second kappa shape index (κ2) is 11.2. The number of unbranched alkanes of at least 4 members (excludes halogenated alkanes) is 1. The topological polar surface area (TPSA) is 48.4 Å². The van der Waals surface area contributed by atoms with Gasteiger partial charge in [-0.25, -0.2) is 4.39 Å². The van der Waals surface area contributed by atoms with Crippen LogP contribution in [0.2, 0.25) is 0 Å². The molecule has 0 radical (unpaired) electrons. The number of rotatable bonds is 11. The van der Waals surface area contributed by atoms with E-state index in [1.807, 2.05) is 49.4 Å². The maximum absolute atomic E-state index is 13.6. The SMILES string of the molecule is CCC/C=C\C(=N)/C(=C\NCC1=CC=C(OCC(C)(C)F)N(C)C1)C(C)Cl. The van der Waals surface area contributed by atoms with Gasteiger partial charge in [0.2, 0.25) is 0 Å². The third kappa shape index (κ3) is 9.14. The molecule has 1 aliphatic heterocycles. The lowest BCUT2D eigenvalue weighted by molar-refractivity contribution is 0.0433. The maximum Gasteiger partial charge on any atom is 0.189 e. The minimum Gasteiger partial charge on any atom is -0.476 e. The van der Waals surface area contributed by atoms with Gasteiger partial charge >= 0.3 is 0 Å². The van der Waals surface area contributed by atoms with Crippen LogP contribution < -0.4 is 5.32 Å². The van der Waals surface area contributed by atoms with Crippen molar-refractivity contribution in [3.8, 4) is 0 Å². The van der Waals surface area contributed by atoms with Gasteiger partial charge in [0.1, 0.15) is 12.3 Å². The van der Waals surface area contributed by atoms with Crippen LogP contribution in [-0.4, -0.2) is 48.4 Å². The Morgan fingerprint density at radius 1 is 1.48 bits per heavy atom. The van der Waals surface area contributed by atoms with E-state index >= 15 is 0 Å². The summed E-state index contributed by atoms with van der Waals surface area (Å²) >= 11 is 6.22. The lowest BCUT2D eigenvalue weighted by Crippen LogP contribution is -2.31. The Kier molecular flexibility index (Phi) is 9.64. The first-order valence-electron chi connectivity index (χ1n) is 9.39. The summed E-state index contributed by atoms with van der Waals surface area (Å²) < 4.78 is 19.1. The highest BCUT2D eigenvalue weighted by molar-refractivity contribution is 6.27. The second-order valence-corrected chi connectivity index (χ2v) is 8.05. The molecule has 27 heavy (non-hydrogen) atoms. The van der Waals surface area contributed by atoms with E-state index in [0.717, 1.165) is 24.0 Å². The average Bonchev–Trinajstić information content (AvgIpc) is 2.56. The number of allylic oxidation sites excluding steroid dienone is 5. The predicted molar refractivity (Wildman–Crippen MR) is 113 cm³/mol. The molecule has 2 N–H and O–H groups in total. The number of alkyl halides is 2. The first-order valence-corrected chi connectivity index (χ1v) is 9.83. The Morgan fingerprint density at radius 3 is 2.74 bits per heavy atom. The highest BCUT2D eigenvalue weighted by atomic mass is 35.5. The van der Waals surface area contributed by atoms with E-state index in [-0.39, 0.29) is 12.0 Å². The lowest BCUT2D eigenvalue weighted by Gasteiger charge is -2.28. The van der Waals surface area contributed by atoms with Crippen molar-refractivity contribution in [1.82, 2.24) is 10.2 Å². The molecule has 0 bridgehead atoms. The molecule has 1 atom stereocenters. The monoisotopic (exact) mass is 397 g/mol. The van der Waals surface area contributed by atoms with E-state index in [9.17, 15) is 4.39 Å². The summed E-state index contributed by atoms with van der Waals surface area (Å²) in [6.07, 6.45) is 11.5. The van der Waals surface area contributed by atoms with Crippen molar-refractivity contribution in [3.05, 3.63) is 47.5 Å². The van der Waals surface area contributed by atoms with Crippen LogP contribution >= 0.6 is 11.6 Å². The highest BCUT2D eigenvalue weighted by Crippen LogP contribution is 2.17. The molecule has 0 amide bonds. The zero-order chi connectivity index (χ0) is 20.4. The van der Waals surface area contributed by atoms with Gasteiger partial charge in [-0.3, -0.25) is 0 Å². The number of ether oxygens (including phenoxy) is 1. The number of hydrogen-bond donors (Lipinski definition) is 2. The lowest BCUT2D eigenvalue weighted by atomic mass is 10.1. The average molecular weight is 398 g/mol. The predicted octanol–water partition coefficient (Wildman–Crippen LogP) is 4.94. The Bertz CT molecular complexity index is 615. The summed E-state index contributed by atoms with van der Waals surface area (Å²) in [4.78, 5) is 1.95. The fourth-order valence-electron chi connectivity index (χ4n) is 2.43. The molecule has 1 unspecified atom stereocenters. The molecular weight excluding hydrogens is 365 g/mol. The molecule has 4 nitrogen and oxygen atoms in total. The van der Waals surface area contributed by atoms with Crippen molar-refractivity contribution in [3.63, 3.8) is 0 Å². The third-order valence-corrected chi connectivity index (χ3v) is 4.14. The number of nitrogens with one attached hydrogen (secondary N) is 2. The molecule has 0 spiro atoms. The smallest absolute Gasteiger partial charge is 0.189 e. The van der Waals surface area contributed by atoms with Gasteiger partial charge in [0.25, 0.3) is 0 Å². The fraction of sp³-hybridized carbons (Fsp3) is 0.571. The Labute approximate surface area is 168 Å². The quantitative estimate of drug-likeness (QED) is 0.383. The Balaban J connectivity index is 2.65. The van der Waals surface area contributed by atoms with Crippen LogP contribution in [0.1, 0.15) is 40.5 Å². The number of halogens is 2. The van der Waals surface area contributed by atoms with Gasteiger partial charge in [-0.15, -0.1) is 11.6 Å². The summed E-state index contributed by atoms with van der Waals surface area (Å²) in [5, 5.41) is 11.2. The van der Waals surface area contributed by atoms with Crippen LogP contribution in [0.25, 0.3) is 0 Å². The van der Waals surface area contributed by atoms with Gasteiger partial charge in [-0.2, -0.15) is 0 Å². The van der Waals surface area contributed by atoms with Crippen molar-refractivity contribution in [1.29, 1.82) is 5.41 Å². The van der Waals surface area contributed by atoms with Crippen LogP contribution in [0.15, 0.2) is 47.5 Å². The van der Waals surface area contributed by atoms with Crippen molar-refractivity contribution < 1.29 is 9.13 Å². The van der Waals surface area contributed by atoms with Gasteiger partial charge < -0.3 is 20.4 Å². The van der Waals surface area contributed by atoms with E-state index in [1.165, 1.54) is 13.8 Å². The minimum atomic E-state index is -1.36. The van der Waals surface area contributed by atoms with Crippen LogP contribution in [0.3, 0.4) is 0 Å². The van der Waals surface area contributed by atoms with Gasteiger partial charge in [0.15, 0.2) is 5.88 Å². The largest absolute Gasteiger partial charge is 0.476 e. The van der Waals surface area contributed by atoms with Crippen LogP contribution in [0, 0.1) is 5.41 Å². The number of nitrogens with zero attached hydrogens (tertiary/aromatic N) is 1. The third-order valence-electron chi connectivity index (χ3n) is 3.91. The molecule has 1 rings (SSSR count). The van der Waals surface area contributed by atoms with Crippen molar-refractivity contribution >= 4 is 17.3 Å². The maximum atomic E-state index is 13.6. The summed E-state index contributed by atoms with van der Waals surface area (Å²) in [5.41, 5.74) is 0.995. The van der Waals surface area contributed by atoms with Crippen LogP contribution in [0.4, 0.5) is 4.39 Å². The second-order valence-electron chi connectivity index (χ2n) is 7.39. The summed E-state index contributed by atoms with van der Waals surface area (Å²) in [6.45, 7) is 8.33. The molecule has 0 fully saturated rings. The normalized spacial score (nSPS) is 16.9. The van der Waals surface area contributed by atoms with E-state index in [0.29, 0.717) is 24.7 Å². The van der Waals surface area contributed by atoms with E-state index in [1.54, 1.807) is 0 Å². The Hall–Kier alpha value is -1.75. The molecule has 0 saturated carbocycles. The molecule has 0 aromatic carbocycles. The molecule has 1 heterocycles. The van der Waals surface area contributed by atoms with Gasteiger partial charge in [0.05, 0.1) is 11.1 Å². The molecule has 1 aliphatic rings. The van der Waals surface area contributed by atoms with Crippen molar-refractivity contribution in [2.45, 2.75) is 51.6 Å². The minimum absolute atomic E-state index is 0.0258. The molecule has 0 saturated heterocycles. The molecule has 152 valence electrons. The first kappa shape index (κ1) is 23.3. The fourth-order valence-corrected chi connectivity index (χ4v) is 2.61. The zero-order valence-electron chi connectivity index (χ0n) is 17.1. The molecule has 0 aliphatic carbocycles. The number of hydrogen-bond acceptors (Lipinski definition) is 4. The number of likely N-dealkylation sites (N-methyl/N-ethyl adjacent to an activating group) is 1. The van der Waals surface area contributed by atoms with Crippen LogP contribution in [-0.2, 0) is 4.74 Å². The highest BCUT2D eigenvalue weighted by Gasteiger charge is 2.20. The van der Waals surface area contributed by atoms with E-state index in [4.69, 9.17) is 21.7 Å². The van der Waals surface area contributed by atoms with E-state index in [2.05, 4.69) is 12.2 Å². The molecular formula is C21H33ClFN3O. The summed E-state index contributed by atoms with van der Waals surface area (Å²) in [7, 11) is 1.92. The zero-order valence-corrected chi connectivity index (χ0v) is 17.9. The summed E-state index contributed by atoms with van der Waals surface area (Å²) in [6, 6.07) is 0. The van der Waals surface area contributed by atoms with Gasteiger partial charge in [0, 0.05) is 31.9 Å². The molecule has 6 heteroatoms. The van der Waals surface area contributed by atoms with Gasteiger partial charge in [-0.05, 0) is 44.9 Å². The first-order chi connectivity index (χ1) is 12.6. The Morgan fingerprint density at radius 2 is 2.19 bits per heavy atom. The van der Waals surface area contributed by atoms with Crippen molar-refractivity contribution in [2.75, 3.05) is 26.7 Å². The van der Waals surface area contributed by atoms with Crippen LogP contribution in [0.5, 0.6) is 0 Å². The van der Waals surface area contributed by atoms with E-state index < -0.39 is 5.67 Å². The summed E-state index contributed by atoms with van der Waals surface area (Å²) in [5.74, 6) is 0.665. The van der Waals surface area contributed by atoms with Gasteiger partial charge in [-0.1, -0.05) is 25.5 Å². The molecule has 0 aromatic heterocycles.